The Kier molecular flexibility index (Phi) is 43.8. The van der Waals surface area contributed by atoms with Crippen molar-refractivity contribution in [1.29, 1.82) is 0 Å². The van der Waals surface area contributed by atoms with Crippen LogP contribution >= 0.6 is 0 Å². The Morgan fingerprint density at radius 3 is 1.66 bits per heavy atom. The van der Waals surface area contributed by atoms with Gasteiger partial charge in [0.25, 0.3) is 0 Å². The highest BCUT2D eigenvalue weighted by molar-refractivity contribution is 5.72. The van der Waals surface area contributed by atoms with Gasteiger partial charge in [-0.3, -0.25) is 19.2 Å². The number of amides is 1. The molecule has 0 aliphatic carbocycles. The number of hydrogen-bond donors (Lipinski definition) is 1. The largest absolute Gasteiger partial charge is 0.465 e. The Bertz CT molecular complexity index is 1360. The number of rotatable bonds is 48. The highest BCUT2D eigenvalue weighted by Gasteiger charge is 2.22. The van der Waals surface area contributed by atoms with Gasteiger partial charge in [-0.15, -0.1) is 0 Å². The molecule has 0 spiro atoms. The van der Waals surface area contributed by atoms with Crippen LogP contribution < -0.4 is 5.32 Å². The average Bonchev–Trinajstić information content (AvgIpc) is 3.89. The second-order valence-corrected chi connectivity index (χ2v) is 19.2. The van der Waals surface area contributed by atoms with E-state index in [1.165, 1.54) is 25.7 Å². The van der Waals surface area contributed by atoms with E-state index < -0.39 is 36.3 Å². The van der Waals surface area contributed by atoms with Crippen molar-refractivity contribution in [3.8, 4) is 0 Å². The van der Waals surface area contributed by atoms with Crippen molar-refractivity contribution in [2.24, 2.45) is 11.8 Å². The third-order valence-corrected chi connectivity index (χ3v) is 12.6. The zero-order chi connectivity index (χ0) is 51.8. The standard InChI is InChI=1S/C57H102N2O12/c1-6-11-15-18-21-28-43-65-55(66-44-29-22-19-16-12-7-2)38-37-54(62)70-48-49(47-69-53(61)36-35-51(31-10-5)71-57(64)58-39-42-59-40-26-27-41-59)46-68-52(60)34-25-20-23-30-45-67-56(63)50(32-14-9-4)33-24-17-13-8-3/h11-12,15-16,49-51,55H,6-10,13-14,17-48H2,1-5H3,(H,58,64)/b15-11-,16-12-. The number of unbranched alkanes of at least 4 members (excludes halogenated alkanes) is 11. The van der Waals surface area contributed by atoms with Crippen molar-refractivity contribution < 1.29 is 57.1 Å². The summed E-state index contributed by atoms with van der Waals surface area (Å²) >= 11 is 0. The monoisotopic (exact) mass is 1010 g/mol. The van der Waals surface area contributed by atoms with Crippen LogP contribution in [0.15, 0.2) is 24.3 Å². The van der Waals surface area contributed by atoms with E-state index in [4.69, 9.17) is 33.2 Å². The minimum atomic E-state index is -0.592. The van der Waals surface area contributed by atoms with Crippen molar-refractivity contribution in [3.63, 3.8) is 0 Å². The van der Waals surface area contributed by atoms with Crippen molar-refractivity contribution in [2.75, 3.05) is 65.8 Å². The van der Waals surface area contributed by atoms with Crippen LogP contribution in [-0.4, -0.2) is 113 Å². The molecule has 0 aromatic rings. The fourth-order valence-corrected chi connectivity index (χ4v) is 8.21. The maximum atomic E-state index is 13.1. The number of hydrogen-bond acceptors (Lipinski definition) is 13. The number of carbonyl (C=O) groups excluding carboxylic acids is 5. The van der Waals surface area contributed by atoms with E-state index in [1.807, 2.05) is 6.92 Å². The fourth-order valence-electron chi connectivity index (χ4n) is 8.21. The normalized spacial score (nSPS) is 14.2. The molecule has 1 saturated heterocycles. The van der Waals surface area contributed by atoms with Gasteiger partial charge in [-0.05, 0) is 116 Å². The Morgan fingerprint density at radius 2 is 1.07 bits per heavy atom. The van der Waals surface area contributed by atoms with Crippen LogP contribution in [0.5, 0.6) is 0 Å². The van der Waals surface area contributed by atoms with Crippen LogP contribution in [0, 0.1) is 11.8 Å². The summed E-state index contributed by atoms with van der Waals surface area (Å²) in [5.74, 6) is -2.02. The first-order chi connectivity index (χ1) is 34.6. The number of ether oxygens (including phenoxy) is 7. The third kappa shape index (κ3) is 39.7. The summed E-state index contributed by atoms with van der Waals surface area (Å²) in [6.07, 6.45) is 31.1. The summed E-state index contributed by atoms with van der Waals surface area (Å²) in [6, 6.07) is 0. The molecule has 0 bridgehead atoms. The molecule has 1 rings (SSSR count). The molecule has 0 saturated carbocycles. The lowest BCUT2D eigenvalue weighted by Crippen LogP contribution is -2.35. The topological polar surface area (TPSA) is 165 Å². The molecule has 3 unspecified atom stereocenters. The summed E-state index contributed by atoms with van der Waals surface area (Å²) in [6.45, 7) is 15.1. The minimum absolute atomic E-state index is 0.0219. The van der Waals surface area contributed by atoms with Gasteiger partial charge in [0.05, 0.1) is 24.9 Å². The number of likely N-dealkylation sites (tertiary alicyclic amines) is 1. The predicted molar refractivity (Wildman–Crippen MR) is 282 cm³/mol. The number of esters is 4. The molecule has 0 aromatic heterocycles. The maximum absolute atomic E-state index is 13.1. The Balaban J connectivity index is 2.73. The molecule has 1 N–H and O–H groups in total. The van der Waals surface area contributed by atoms with Crippen LogP contribution in [-0.2, 0) is 52.3 Å². The van der Waals surface area contributed by atoms with E-state index in [0.29, 0.717) is 52.0 Å². The minimum Gasteiger partial charge on any atom is -0.465 e. The van der Waals surface area contributed by atoms with Gasteiger partial charge in [0.2, 0.25) is 0 Å². The zero-order valence-corrected chi connectivity index (χ0v) is 45.5. The van der Waals surface area contributed by atoms with E-state index in [1.54, 1.807) is 0 Å². The first-order valence-corrected chi connectivity index (χ1v) is 28.5. The molecule has 14 nitrogen and oxygen atoms in total. The van der Waals surface area contributed by atoms with Crippen molar-refractivity contribution in [3.05, 3.63) is 24.3 Å². The quantitative estimate of drug-likeness (QED) is 0.0201. The molecule has 1 fully saturated rings. The van der Waals surface area contributed by atoms with E-state index in [-0.39, 0.29) is 56.9 Å². The summed E-state index contributed by atoms with van der Waals surface area (Å²) in [5, 5.41) is 2.83. The van der Waals surface area contributed by atoms with Crippen LogP contribution in [0.2, 0.25) is 0 Å². The number of nitrogens with one attached hydrogen (secondary N) is 1. The van der Waals surface area contributed by atoms with Crippen molar-refractivity contribution in [1.82, 2.24) is 10.2 Å². The third-order valence-electron chi connectivity index (χ3n) is 12.6. The van der Waals surface area contributed by atoms with Crippen LogP contribution in [0.25, 0.3) is 0 Å². The highest BCUT2D eigenvalue weighted by atomic mass is 16.7. The number of carbonyl (C=O) groups is 5. The molecule has 1 aliphatic rings. The first kappa shape index (κ1) is 65.5. The smallest absolute Gasteiger partial charge is 0.407 e. The maximum Gasteiger partial charge on any atom is 0.407 e. The molecular weight excluding hydrogens is 905 g/mol. The van der Waals surface area contributed by atoms with E-state index in [0.717, 1.165) is 135 Å². The number of alkyl carbamates (subject to hydrolysis) is 1. The number of nitrogens with zero attached hydrogens (tertiary/aromatic N) is 1. The zero-order valence-electron chi connectivity index (χ0n) is 45.5. The second kappa shape index (κ2) is 47.5. The summed E-state index contributed by atoms with van der Waals surface area (Å²) in [7, 11) is 0. The lowest BCUT2D eigenvalue weighted by Gasteiger charge is -2.20. The Labute approximate surface area is 431 Å². The van der Waals surface area contributed by atoms with Gasteiger partial charge in [-0.2, -0.15) is 0 Å². The van der Waals surface area contributed by atoms with E-state index >= 15 is 0 Å². The molecule has 71 heavy (non-hydrogen) atoms. The Morgan fingerprint density at radius 1 is 0.521 bits per heavy atom. The molecular formula is C57H102N2O12. The van der Waals surface area contributed by atoms with Crippen LogP contribution in [0.3, 0.4) is 0 Å². The SMILES string of the molecule is CC/C=C\CCCCOC(CCC(=O)OCC(COC(=O)CCCCCCOC(=O)C(CCCC)CCCCCC)COC(=O)CCC(CCC)OC(=O)NCCN1CCCC1)OCCCC/C=C\CC. The average molecular weight is 1010 g/mol. The summed E-state index contributed by atoms with van der Waals surface area (Å²) in [5.41, 5.74) is 0. The van der Waals surface area contributed by atoms with E-state index in [2.05, 4.69) is 62.2 Å². The van der Waals surface area contributed by atoms with Gasteiger partial charge in [0, 0.05) is 45.6 Å². The molecule has 1 heterocycles. The molecule has 14 heteroatoms. The molecule has 3 atom stereocenters. The van der Waals surface area contributed by atoms with Crippen molar-refractivity contribution >= 4 is 30.0 Å². The molecule has 0 radical (unpaired) electrons. The van der Waals surface area contributed by atoms with Gasteiger partial charge in [0.15, 0.2) is 6.29 Å². The molecule has 0 aromatic carbocycles. The highest BCUT2D eigenvalue weighted by Crippen LogP contribution is 2.20. The fraction of sp³-hybridized carbons (Fsp3) is 0.842. The number of allylic oxidation sites excluding steroid dienone is 4. The summed E-state index contributed by atoms with van der Waals surface area (Å²) < 4.78 is 40.5. The lowest BCUT2D eigenvalue weighted by molar-refractivity contribution is -0.162. The molecule has 412 valence electrons. The van der Waals surface area contributed by atoms with Crippen molar-refractivity contribution in [2.45, 2.75) is 233 Å². The Hall–Kier alpha value is -3.49. The van der Waals surface area contributed by atoms with Gasteiger partial charge in [0.1, 0.15) is 25.9 Å². The lowest BCUT2D eigenvalue weighted by atomic mass is 9.95. The van der Waals surface area contributed by atoms with Gasteiger partial charge < -0.3 is 43.4 Å². The van der Waals surface area contributed by atoms with Crippen LogP contribution in [0.4, 0.5) is 4.79 Å². The second-order valence-electron chi connectivity index (χ2n) is 19.2. The van der Waals surface area contributed by atoms with Gasteiger partial charge in [-0.25, -0.2) is 4.79 Å². The van der Waals surface area contributed by atoms with Gasteiger partial charge in [-0.1, -0.05) is 117 Å². The van der Waals surface area contributed by atoms with Gasteiger partial charge >= 0.3 is 30.0 Å². The molecule has 1 amide bonds. The summed E-state index contributed by atoms with van der Waals surface area (Å²) in [4.78, 5) is 66.7. The van der Waals surface area contributed by atoms with Crippen LogP contribution in [0.1, 0.15) is 221 Å². The first-order valence-electron chi connectivity index (χ1n) is 28.5. The van der Waals surface area contributed by atoms with E-state index in [9.17, 15) is 24.0 Å². The predicted octanol–water partition coefficient (Wildman–Crippen LogP) is 12.7. The molecule has 1 aliphatic heterocycles.